The van der Waals surface area contributed by atoms with Crippen LogP contribution >= 0.6 is 11.8 Å². The standard InChI is InChI=1S/C14H25NO2S/c1-11(2)7-14(3,16)10-15-8-12-5-6-13(17-12)9-18-4/h5-6,11,15-16H,7-10H2,1-4H3. The maximum Gasteiger partial charge on any atom is 0.118 e. The van der Waals surface area contributed by atoms with Crippen molar-refractivity contribution in [1.82, 2.24) is 5.32 Å². The molecular weight excluding hydrogens is 246 g/mol. The predicted octanol–water partition coefficient (Wildman–Crippen LogP) is 3.03. The monoisotopic (exact) mass is 271 g/mol. The summed E-state index contributed by atoms with van der Waals surface area (Å²) in [7, 11) is 0. The van der Waals surface area contributed by atoms with E-state index in [-0.39, 0.29) is 0 Å². The first-order chi connectivity index (χ1) is 8.43. The number of nitrogens with one attached hydrogen (secondary N) is 1. The highest BCUT2D eigenvalue weighted by Crippen LogP contribution is 2.16. The highest BCUT2D eigenvalue weighted by Gasteiger charge is 2.21. The van der Waals surface area contributed by atoms with Crippen LogP contribution in [0.2, 0.25) is 0 Å². The summed E-state index contributed by atoms with van der Waals surface area (Å²) >= 11 is 1.75. The van der Waals surface area contributed by atoms with E-state index in [0.29, 0.717) is 19.0 Å². The maximum absolute atomic E-state index is 10.2. The molecule has 3 nitrogen and oxygen atoms in total. The minimum absolute atomic E-state index is 0.499. The van der Waals surface area contributed by atoms with Crippen molar-refractivity contribution in [3.8, 4) is 0 Å². The third-order valence-electron chi connectivity index (χ3n) is 2.66. The number of rotatable bonds is 8. The van der Waals surface area contributed by atoms with E-state index >= 15 is 0 Å². The van der Waals surface area contributed by atoms with Gasteiger partial charge in [0.15, 0.2) is 0 Å². The van der Waals surface area contributed by atoms with Gasteiger partial charge in [-0.1, -0.05) is 13.8 Å². The fraction of sp³-hybridized carbons (Fsp3) is 0.714. The second kappa shape index (κ2) is 7.22. The average Bonchev–Trinajstić information content (AvgIpc) is 2.64. The third-order valence-corrected chi connectivity index (χ3v) is 3.23. The Balaban J connectivity index is 2.32. The van der Waals surface area contributed by atoms with Crippen LogP contribution < -0.4 is 5.32 Å². The zero-order valence-corrected chi connectivity index (χ0v) is 12.6. The Hall–Kier alpha value is -0.450. The SMILES string of the molecule is CSCc1ccc(CNCC(C)(O)CC(C)C)o1. The fourth-order valence-corrected chi connectivity index (χ4v) is 2.58. The molecule has 0 fully saturated rings. The van der Waals surface area contributed by atoms with Gasteiger partial charge in [-0.2, -0.15) is 11.8 Å². The highest BCUT2D eigenvalue weighted by molar-refractivity contribution is 7.97. The zero-order valence-electron chi connectivity index (χ0n) is 11.8. The van der Waals surface area contributed by atoms with Crippen molar-refractivity contribution >= 4 is 11.8 Å². The van der Waals surface area contributed by atoms with Gasteiger partial charge in [0.2, 0.25) is 0 Å². The third kappa shape index (κ3) is 5.94. The van der Waals surface area contributed by atoms with Crippen LogP contribution in [0.3, 0.4) is 0 Å². The molecule has 0 spiro atoms. The van der Waals surface area contributed by atoms with Crippen LogP contribution in [-0.4, -0.2) is 23.5 Å². The molecule has 1 unspecified atom stereocenters. The van der Waals surface area contributed by atoms with Crippen LogP contribution in [0.4, 0.5) is 0 Å². The van der Waals surface area contributed by atoms with Gasteiger partial charge in [0.25, 0.3) is 0 Å². The Morgan fingerprint density at radius 3 is 2.67 bits per heavy atom. The Morgan fingerprint density at radius 2 is 2.06 bits per heavy atom. The van der Waals surface area contributed by atoms with E-state index in [4.69, 9.17) is 4.42 Å². The molecule has 0 amide bonds. The molecule has 0 saturated carbocycles. The van der Waals surface area contributed by atoms with Crippen LogP contribution in [0, 0.1) is 5.92 Å². The van der Waals surface area contributed by atoms with Gasteiger partial charge in [-0.15, -0.1) is 0 Å². The van der Waals surface area contributed by atoms with Crippen molar-refractivity contribution in [1.29, 1.82) is 0 Å². The summed E-state index contributed by atoms with van der Waals surface area (Å²) in [5.74, 6) is 3.34. The minimum atomic E-state index is -0.650. The van der Waals surface area contributed by atoms with Crippen molar-refractivity contribution in [2.24, 2.45) is 5.92 Å². The smallest absolute Gasteiger partial charge is 0.118 e. The highest BCUT2D eigenvalue weighted by atomic mass is 32.2. The zero-order chi connectivity index (χ0) is 13.6. The summed E-state index contributed by atoms with van der Waals surface area (Å²) < 4.78 is 5.65. The van der Waals surface area contributed by atoms with Gasteiger partial charge in [-0.25, -0.2) is 0 Å². The molecule has 1 aromatic heterocycles. The summed E-state index contributed by atoms with van der Waals surface area (Å²) in [5, 5.41) is 13.4. The largest absolute Gasteiger partial charge is 0.464 e. The predicted molar refractivity (Wildman–Crippen MR) is 77.7 cm³/mol. The summed E-state index contributed by atoms with van der Waals surface area (Å²) in [4.78, 5) is 0. The molecule has 0 aliphatic heterocycles. The molecule has 104 valence electrons. The van der Waals surface area contributed by atoms with E-state index in [0.717, 1.165) is 23.7 Å². The molecule has 0 bridgehead atoms. The minimum Gasteiger partial charge on any atom is -0.464 e. The summed E-state index contributed by atoms with van der Waals surface area (Å²) in [6.45, 7) is 7.37. The topological polar surface area (TPSA) is 45.4 Å². The molecule has 1 heterocycles. The average molecular weight is 271 g/mol. The Labute approximate surface area is 114 Å². The molecule has 0 aromatic carbocycles. The van der Waals surface area contributed by atoms with Crippen LogP contribution in [0.5, 0.6) is 0 Å². The number of thioether (sulfide) groups is 1. The normalized spacial score (nSPS) is 15.0. The fourth-order valence-electron chi connectivity index (χ4n) is 2.14. The molecule has 0 aliphatic rings. The molecule has 4 heteroatoms. The lowest BCUT2D eigenvalue weighted by Gasteiger charge is -2.25. The Bertz CT molecular complexity index is 347. The molecule has 0 aliphatic carbocycles. The van der Waals surface area contributed by atoms with Crippen LogP contribution in [0.15, 0.2) is 16.5 Å². The van der Waals surface area contributed by atoms with E-state index < -0.39 is 5.60 Å². The van der Waals surface area contributed by atoms with E-state index in [1.165, 1.54) is 0 Å². The lowest BCUT2D eigenvalue weighted by molar-refractivity contribution is 0.0379. The van der Waals surface area contributed by atoms with Gasteiger partial charge in [-0.05, 0) is 37.7 Å². The van der Waals surface area contributed by atoms with Crippen molar-refractivity contribution in [3.63, 3.8) is 0 Å². The van der Waals surface area contributed by atoms with Crippen molar-refractivity contribution in [2.45, 2.75) is 45.1 Å². The molecule has 0 radical (unpaired) electrons. The van der Waals surface area contributed by atoms with E-state index in [1.54, 1.807) is 11.8 Å². The summed E-state index contributed by atoms with van der Waals surface area (Å²) in [5.41, 5.74) is -0.650. The first kappa shape index (κ1) is 15.6. The molecule has 1 atom stereocenters. The van der Waals surface area contributed by atoms with E-state index in [1.807, 2.05) is 19.1 Å². The number of furan rings is 1. The van der Waals surface area contributed by atoms with Gasteiger partial charge >= 0.3 is 0 Å². The first-order valence-corrected chi connectivity index (χ1v) is 7.82. The van der Waals surface area contributed by atoms with Crippen molar-refractivity contribution in [3.05, 3.63) is 23.7 Å². The van der Waals surface area contributed by atoms with Gasteiger partial charge in [0.1, 0.15) is 11.5 Å². The molecule has 1 rings (SSSR count). The lowest BCUT2D eigenvalue weighted by Crippen LogP contribution is -2.38. The second-order valence-electron chi connectivity index (χ2n) is 5.50. The van der Waals surface area contributed by atoms with Gasteiger partial charge in [0, 0.05) is 6.54 Å². The molecule has 1 aromatic rings. The molecule has 2 N–H and O–H groups in total. The Morgan fingerprint density at radius 1 is 1.39 bits per heavy atom. The number of hydrogen-bond donors (Lipinski definition) is 2. The second-order valence-corrected chi connectivity index (χ2v) is 6.37. The van der Waals surface area contributed by atoms with Crippen LogP contribution in [0.1, 0.15) is 38.7 Å². The summed E-state index contributed by atoms with van der Waals surface area (Å²) in [6.07, 6.45) is 2.86. The molecule has 0 saturated heterocycles. The molecule has 18 heavy (non-hydrogen) atoms. The molecular formula is C14H25NO2S. The van der Waals surface area contributed by atoms with Gasteiger partial charge in [-0.3, -0.25) is 0 Å². The van der Waals surface area contributed by atoms with Crippen molar-refractivity contribution in [2.75, 3.05) is 12.8 Å². The lowest BCUT2D eigenvalue weighted by atomic mass is 9.94. The van der Waals surface area contributed by atoms with E-state index in [2.05, 4.69) is 25.4 Å². The van der Waals surface area contributed by atoms with E-state index in [9.17, 15) is 5.11 Å². The maximum atomic E-state index is 10.2. The first-order valence-electron chi connectivity index (χ1n) is 6.42. The Kier molecular flexibility index (Phi) is 6.26. The summed E-state index contributed by atoms with van der Waals surface area (Å²) in [6, 6.07) is 4.01. The number of aliphatic hydroxyl groups is 1. The number of hydrogen-bond acceptors (Lipinski definition) is 4. The van der Waals surface area contributed by atoms with Crippen LogP contribution in [0.25, 0.3) is 0 Å². The van der Waals surface area contributed by atoms with Crippen LogP contribution in [-0.2, 0) is 12.3 Å². The van der Waals surface area contributed by atoms with Crippen molar-refractivity contribution < 1.29 is 9.52 Å². The van der Waals surface area contributed by atoms with Gasteiger partial charge in [0.05, 0.1) is 17.9 Å². The quantitative estimate of drug-likeness (QED) is 0.763. The van der Waals surface area contributed by atoms with Gasteiger partial charge < -0.3 is 14.8 Å².